The maximum absolute atomic E-state index is 12.8. The zero-order valence-electron chi connectivity index (χ0n) is 18.5. The number of amides is 1. The highest BCUT2D eigenvalue weighted by Gasteiger charge is 2.22. The van der Waals surface area contributed by atoms with Crippen LogP contribution in [0, 0.1) is 13.8 Å². The largest absolute Gasteiger partial charge is 0.494 e. The first-order valence-electron chi connectivity index (χ1n) is 9.92. The summed E-state index contributed by atoms with van der Waals surface area (Å²) < 4.78 is 1.84. The fraction of sp³-hybridized carbons (Fsp3) is 0.217. The van der Waals surface area contributed by atoms with Gasteiger partial charge in [-0.25, -0.2) is 9.79 Å². The number of anilines is 1. The Hall–Kier alpha value is -3.30. The van der Waals surface area contributed by atoms with Gasteiger partial charge in [0.05, 0.1) is 11.4 Å². The number of aromatic nitrogens is 2. The molecule has 1 aromatic heterocycles. The lowest BCUT2D eigenvalue weighted by atomic mass is 10.2. The van der Waals surface area contributed by atoms with E-state index in [1.807, 2.05) is 19.1 Å². The van der Waals surface area contributed by atoms with Crippen LogP contribution in [0.25, 0.3) is 0 Å². The summed E-state index contributed by atoms with van der Waals surface area (Å²) in [6, 6.07) is 12.4. The molecule has 0 fully saturated rings. The maximum atomic E-state index is 12.8. The molecule has 1 heterocycles. The summed E-state index contributed by atoms with van der Waals surface area (Å²) in [6.07, 6.45) is 0. The summed E-state index contributed by atoms with van der Waals surface area (Å²) in [5.74, 6) is -0.960. The van der Waals surface area contributed by atoms with Crippen molar-refractivity contribution in [3.05, 3.63) is 85.0 Å². The SMILES string of the molecule is Cc1ccc(N=C(SCC(=O)Nc2cccc(Cl)c2C)c2c(O)n(C)c(=O)n(C)c2=O)cc1. The Bertz CT molecular complexity index is 1360. The molecule has 0 aliphatic heterocycles. The highest BCUT2D eigenvalue weighted by molar-refractivity contribution is 8.15. The molecule has 0 spiro atoms. The molecule has 0 radical (unpaired) electrons. The molecule has 0 bridgehead atoms. The third-order valence-electron chi connectivity index (χ3n) is 4.99. The van der Waals surface area contributed by atoms with Crippen LogP contribution >= 0.6 is 23.4 Å². The molecule has 0 saturated carbocycles. The second-order valence-electron chi connectivity index (χ2n) is 7.41. The molecule has 172 valence electrons. The first kappa shape index (κ1) is 24.3. The van der Waals surface area contributed by atoms with E-state index in [0.29, 0.717) is 16.4 Å². The van der Waals surface area contributed by atoms with Gasteiger partial charge in [-0.15, -0.1) is 0 Å². The number of rotatable bonds is 5. The van der Waals surface area contributed by atoms with Crippen LogP contribution in [-0.2, 0) is 18.9 Å². The number of halogens is 1. The number of carbonyl (C=O) groups excluding carboxylic acids is 1. The van der Waals surface area contributed by atoms with E-state index in [4.69, 9.17) is 11.6 Å². The minimum absolute atomic E-state index is 0.0952. The fourth-order valence-electron chi connectivity index (χ4n) is 2.98. The van der Waals surface area contributed by atoms with Crippen molar-refractivity contribution in [2.24, 2.45) is 19.1 Å². The third kappa shape index (κ3) is 5.37. The number of nitrogens with zero attached hydrogens (tertiary/aromatic N) is 3. The number of hydrogen-bond acceptors (Lipinski definition) is 6. The van der Waals surface area contributed by atoms with Gasteiger partial charge in [0.2, 0.25) is 11.8 Å². The van der Waals surface area contributed by atoms with E-state index in [2.05, 4.69) is 10.3 Å². The van der Waals surface area contributed by atoms with Crippen molar-refractivity contribution in [2.75, 3.05) is 11.1 Å². The summed E-state index contributed by atoms with van der Waals surface area (Å²) in [7, 11) is 2.67. The zero-order chi connectivity index (χ0) is 24.3. The molecule has 10 heteroatoms. The normalized spacial score (nSPS) is 11.5. The lowest BCUT2D eigenvalue weighted by molar-refractivity contribution is -0.113. The summed E-state index contributed by atoms with van der Waals surface area (Å²) in [5, 5.41) is 14.0. The van der Waals surface area contributed by atoms with E-state index in [1.54, 1.807) is 37.3 Å². The number of benzene rings is 2. The monoisotopic (exact) mass is 486 g/mol. The van der Waals surface area contributed by atoms with E-state index in [-0.39, 0.29) is 22.3 Å². The second kappa shape index (κ2) is 10.1. The van der Waals surface area contributed by atoms with Crippen LogP contribution in [0.15, 0.2) is 57.0 Å². The summed E-state index contributed by atoms with van der Waals surface area (Å²) in [6.45, 7) is 3.72. The number of aryl methyl sites for hydroxylation is 1. The highest BCUT2D eigenvalue weighted by atomic mass is 35.5. The van der Waals surface area contributed by atoms with Crippen molar-refractivity contribution < 1.29 is 9.90 Å². The van der Waals surface area contributed by atoms with Crippen molar-refractivity contribution in [1.29, 1.82) is 0 Å². The van der Waals surface area contributed by atoms with Crippen LogP contribution in [0.4, 0.5) is 11.4 Å². The molecule has 0 saturated heterocycles. The Morgan fingerprint density at radius 1 is 1.09 bits per heavy atom. The van der Waals surface area contributed by atoms with Crippen LogP contribution in [0.3, 0.4) is 0 Å². The average molecular weight is 487 g/mol. The molecule has 0 unspecified atom stereocenters. The molecular formula is C23H23ClN4O4S. The molecular weight excluding hydrogens is 464 g/mol. The minimum Gasteiger partial charge on any atom is -0.494 e. The van der Waals surface area contributed by atoms with Gasteiger partial charge < -0.3 is 10.4 Å². The van der Waals surface area contributed by atoms with E-state index < -0.39 is 17.1 Å². The quantitative estimate of drug-likeness (QED) is 0.424. The molecule has 33 heavy (non-hydrogen) atoms. The summed E-state index contributed by atoms with van der Waals surface area (Å²) in [5.41, 5.74) is 1.33. The van der Waals surface area contributed by atoms with E-state index in [0.717, 1.165) is 32.0 Å². The van der Waals surface area contributed by atoms with Gasteiger partial charge in [0.1, 0.15) is 10.6 Å². The Labute approximate surface area is 199 Å². The molecule has 3 aromatic rings. The topological polar surface area (TPSA) is 106 Å². The molecule has 3 rings (SSSR count). The zero-order valence-corrected chi connectivity index (χ0v) is 20.1. The second-order valence-corrected chi connectivity index (χ2v) is 8.78. The van der Waals surface area contributed by atoms with Crippen LogP contribution in [-0.4, -0.2) is 30.9 Å². The van der Waals surface area contributed by atoms with E-state index in [9.17, 15) is 19.5 Å². The van der Waals surface area contributed by atoms with Crippen LogP contribution < -0.4 is 16.6 Å². The van der Waals surface area contributed by atoms with E-state index in [1.165, 1.54) is 14.1 Å². The Morgan fingerprint density at radius 3 is 2.42 bits per heavy atom. The number of carbonyl (C=O) groups is 1. The number of aromatic hydroxyl groups is 1. The minimum atomic E-state index is -0.708. The number of hydrogen-bond donors (Lipinski definition) is 2. The summed E-state index contributed by atoms with van der Waals surface area (Å²) in [4.78, 5) is 42.1. The Balaban J connectivity index is 1.98. The van der Waals surface area contributed by atoms with Crippen molar-refractivity contribution >= 4 is 45.7 Å². The van der Waals surface area contributed by atoms with Gasteiger partial charge in [-0.3, -0.25) is 18.7 Å². The average Bonchev–Trinajstić information content (AvgIpc) is 2.79. The standard InChI is InChI=1S/C23H23ClN4O4S/c1-13-8-10-15(11-9-13)25-20(19-21(30)27(3)23(32)28(4)22(19)31)33-12-18(29)26-17-7-5-6-16(24)14(17)2/h5-11,30H,12H2,1-4H3,(H,26,29). The van der Waals surface area contributed by atoms with Gasteiger partial charge in [0.25, 0.3) is 5.56 Å². The van der Waals surface area contributed by atoms with Gasteiger partial charge in [-0.1, -0.05) is 47.1 Å². The molecule has 2 N–H and O–H groups in total. The number of nitrogens with one attached hydrogen (secondary N) is 1. The smallest absolute Gasteiger partial charge is 0.333 e. The third-order valence-corrected chi connectivity index (χ3v) is 6.38. The molecule has 0 aliphatic rings. The lowest BCUT2D eigenvalue weighted by Gasteiger charge is -2.13. The maximum Gasteiger partial charge on any atom is 0.333 e. The summed E-state index contributed by atoms with van der Waals surface area (Å²) >= 11 is 7.09. The van der Waals surface area contributed by atoms with Gasteiger partial charge in [-0.05, 0) is 43.7 Å². The van der Waals surface area contributed by atoms with Gasteiger partial charge in [0, 0.05) is 24.8 Å². The molecule has 0 aliphatic carbocycles. The fourth-order valence-corrected chi connectivity index (χ4v) is 3.99. The Kier molecular flexibility index (Phi) is 7.45. The first-order chi connectivity index (χ1) is 15.6. The lowest BCUT2D eigenvalue weighted by Crippen LogP contribution is -2.39. The van der Waals surface area contributed by atoms with Gasteiger partial charge in [0.15, 0.2) is 0 Å². The molecule has 1 amide bonds. The highest BCUT2D eigenvalue weighted by Crippen LogP contribution is 2.25. The molecule has 8 nitrogen and oxygen atoms in total. The van der Waals surface area contributed by atoms with Gasteiger partial charge in [-0.2, -0.15) is 0 Å². The van der Waals surface area contributed by atoms with Crippen molar-refractivity contribution in [3.8, 4) is 5.88 Å². The van der Waals surface area contributed by atoms with Gasteiger partial charge >= 0.3 is 5.69 Å². The molecule has 0 atom stereocenters. The van der Waals surface area contributed by atoms with E-state index >= 15 is 0 Å². The predicted octanol–water partition coefficient (Wildman–Crippen LogP) is 3.51. The van der Waals surface area contributed by atoms with Crippen LogP contribution in [0.1, 0.15) is 16.7 Å². The van der Waals surface area contributed by atoms with Crippen molar-refractivity contribution in [3.63, 3.8) is 0 Å². The number of thioether (sulfide) groups is 1. The predicted molar refractivity (Wildman–Crippen MR) is 133 cm³/mol. The van der Waals surface area contributed by atoms with Crippen LogP contribution in [0.5, 0.6) is 5.88 Å². The first-order valence-corrected chi connectivity index (χ1v) is 11.3. The number of aliphatic imine (C=N–C) groups is 1. The Morgan fingerprint density at radius 2 is 1.76 bits per heavy atom. The molecule has 2 aromatic carbocycles. The van der Waals surface area contributed by atoms with Crippen LogP contribution in [0.2, 0.25) is 5.02 Å². The van der Waals surface area contributed by atoms with Crippen molar-refractivity contribution in [1.82, 2.24) is 9.13 Å². The van der Waals surface area contributed by atoms with Crippen molar-refractivity contribution in [2.45, 2.75) is 13.8 Å².